The zero-order valence-electron chi connectivity index (χ0n) is 17.0. The summed E-state index contributed by atoms with van der Waals surface area (Å²) in [5.74, 6) is 3.46. The van der Waals surface area contributed by atoms with Gasteiger partial charge in [0.05, 0.1) is 20.8 Å². The van der Waals surface area contributed by atoms with Crippen molar-refractivity contribution >= 4 is 0 Å². The second-order valence-corrected chi connectivity index (χ2v) is 7.64. The predicted octanol–water partition coefficient (Wildman–Crippen LogP) is 2.89. The highest BCUT2D eigenvalue weighted by atomic mass is 16.7. The minimum absolute atomic E-state index is 0.00940. The summed E-state index contributed by atoms with van der Waals surface area (Å²) in [5.41, 5.74) is 1.93. The first-order valence-corrected chi connectivity index (χ1v) is 9.85. The van der Waals surface area contributed by atoms with Crippen LogP contribution in [0.1, 0.15) is 24.0 Å². The third kappa shape index (κ3) is 2.98. The van der Waals surface area contributed by atoms with Gasteiger partial charge in [0.2, 0.25) is 25.1 Å². The second kappa shape index (κ2) is 7.45. The lowest BCUT2D eigenvalue weighted by Gasteiger charge is -2.28. The van der Waals surface area contributed by atoms with Crippen molar-refractivity contribution in [3.8, 4) is 34.5 Å². The lowest BCUT2D eigenvalue weighted by Crippen LogP contribution is -2.23. The topological polar surface area (TPSA) is 84.8 Å². The Morgan fingerprint density at radius 1 is 0.867 bits per heavy atom. The van der Waals surface area contributed by atoms with Crippen LogP contribution in [0.25, 0.3) is 0 Å². The Labute approximate surface area is 174 Å². The van der Waals surface area contributed by atoms with Crippen LogP contribution in [-0.2, 0) is 4.74 Å². The Balaban J connectivity index is 1.66. The number of rotatable bonds is 5. The van der Waals surface area contributed by atoms with Crippen LogP contribution >= 0.6 is 0 Å². The molecule has 0 radical (unpaired) electrons. The summed E-state index contributed by atoms with van der Waals surface area (Å²) in [6.45, 7) is 2.71. The van der Waals surface area contributed by atoms with Gasteiger partial charge in [-0.15, -0.1) is 0 Å². The molecule has 1 N–H and O–H groups in total. The largest absolute Gasteiger partial charge is 0.493 e. The van der Waals surface area contributed by atoms with Crippen LogP contribution in [0, 0.1) is 11.8 Å². The van der Waals surface area contributed by atoms with Gasteiger partial charge in [-0.05, 0) is 35.4 Å². The minimum atomic E-state index is -0.815. The molecule has 2 aromatic carbocycles. The van der Waals surface area contributed by atoms with Crippen molar-refractivity contribution in [1.29, 1.82) is 0 Å². The van der Waals surface area contributed by atoms with Crippen molar-refractivity contribution in [2.75, 3.05) is 34.4 Å². The van der Waals surface area contributed by atoms with E-state index in [4.69, 9.17) is 33.2 Å². The van der Waals surface area contributed by atoms with Crippen molar-refractivity contribution in [3.63, 3.8) is 0 Å². The van der Waals surface area contributed by atoms with Crippen molar-refractivity contribution in [1.82, 2.24) is 0 Å². The molecule has 5 rings (SSSR count). The van der Waals surface area contributed by atoms with Gasteiger partial charge >= 0.3 is 0 Å². The first-order valence-electron chi connectivity index (χ1n) is 9.85. The molecule has 0 bridgehead atoms. The number of hydrogen-bond donors (Lipinski definition) is 1. The molecule has 30 heavy (non-hydrogen) atoms. The quantitative estimate of drug-likeness (QED) is 0.797. The number of aliphatic hydroxyl groups is 1. The molecule has 8 nitrogen and oxygen atoms in total. The molecular weight excluding hydrogens is 392 g/mol. The summed E-state index contributed by atoms with van der Waals surface area (Å²) in [6.07, 6.45) is -0.815. The number of ether oxygens (including phenoxy) is 7. The van der Waals surface area contributed by atoms with E-state index in [0.717, 1.165) is 11.1 Å². The lowest BCUT2D eigenvalue weighted by atomic mass is 9.75. The summed E-state index contributed by atoms with van der Waals surface area (Å²) in [7, 11) is 3.20. The average Bonchev–Trinajstić information content (AvgIpc) is 3.49. The van der Waals surface area contributed by atoms with Crippen LogP contribution in [0.5, 0.6) is 34.5 Å². The van der Waals surface area contributed by atoms with Gasteiger partial charge in [0.25, 0.3) is 0 Å². The number of benzene rings is 2. The van der Waals surface area contributed by atoms with Gasteiger partial charge in [-0.25, -0.2) is 0 Å². The minimum Gasteiger partial charge on any atom is -0.493 e. The molecule has 0 saturated carbocycles. The summed E-state index contributed by atoms with van der Waals surface area (Å²) in [6, 6.07) is 7.83. The molecule has 3 atom stereocenters. The fraction of sp³-hybridized carbons (Fsp3) is 0.455. The smallest absolute Gasteiger partial charge is 0.231 e. The Morgan fingerprint density at radius 2 is 1.40 bits per heavy atom. The summed E-state index contributed by atoms with van der Waals surface area (Å²) in [4.78, 5) is 0. The van der Waals surface area contributed by atoms with E-state index in [2.05, 4.69) is 0 Å². The molecular formula is C22H24O8. The number of methoxy groups -OCH3 is 2. The first kappa shape index (κ1) is 19.1. The summed E-state index contributed by atoms with van der Waals surface area (Å²) < 4.78 is 39.1. The number of hydrogen-bond acceptors (Lipinski definition) is 8. The normalized spacial score (nSPS) is 23.8. The van der Waals surface area contributed by atoms with Gasteiger partial charge in [0.1, 0.15) is 0 Å². The molecule has 0 aromatic heterocycles. The molecule has 0 amide bonds. The molecule has 0 aliphatic carbocycles. The average molecular weight is 416 g/mol. The molecule has 8 heteroatoms. The zero-order chi connectivity index (χ0) is 20.8. The van der Waals surface area contributed by atoms with Crippen molar-refractivity contribution < 1.29 is 38.3 Å². The molecule has 3 aliphatic heterocycles. The van der Waals surface area contributed by atoms with Crippen LogP contribution in [-0.4, -0.2) is 45.8 Å². The van der Waals surface area contributed by atoms with E-state index in [9.17, 15) is 5.11 Å². The van der Waals surface area contributed by atoms with Crippen molar-refractivity contribution in [2.24, 2.45) is 11.8 Å². The third-order valence-electron chi connectivity index (χ3n) is 6.09. The van der Waals surface area contributed by atoms with E-state index < -0.39 is 6.29 Å². The monoisotopic (exact) mass is 416 g/mol. The highest BCUT2D eigenvalue weighted by molar-refractivity contribution is 5.60. The summed E-state index contributed by atoms with van der Waals surface area (Å²) >= 11 is 0. The van der Waals surface area contributed by atoms with Gasteiger partial charge in [-0.1, -0.05) is 6.92 Å². The van der Waals surface area contributed by atoms with Crippen LogP contribution in [0.15, 0.2) is 24.3 Å². The highest BCUT2D eigenvalue weighted by Gasteiger charge is 2.41. The summed E-state index contributed by atoms with van der Waals surface area (Å²) in [5, 5.41) is 10.3. The molecule has 0 spiro atoms. The van der Waals surface area contributed by atoms with Gasteiger partial charge in [0, 0.05) is 17.8 Å². The Bertz CT molecular complexity index is 893. The molecule has 1 saturated heterocycles. The Kier molecular flexibility index (Phi) is 4.75. The van der Waals surface area contributed by atoms with Gasteiger partial charge in [-0.2, -0.15) is 0 Å². The maximum absolute atomic E-state index is 10.3. The van der Waals surface area contributed by atoms with E-state index in [-0.39, 0.29) is 31.3 Å². The Morgan fingerprint density at radius 3 is 1.83 bits per heavy atom. The highest BCUT2D eigenvalue weighted by Crippen LogP contribution is 2.51. The molecule has 160 valence electrons. The Hall–Kier alpha value is -2.84. The maximum atomic E-state index is 10.3. The fourth-order valence-electron chi connectivity index (χ4n) is 4.47. The first-order chi connectivity index (χ1) is 14.6. The van der Waals surface area contributed by atoms with Crippen molar-refractivity contribution in [3.05, 3.63) is 35.4 Å². The van der Waals surface area contributed by atoms with Gasteiger partial charge in [0.15, 0.2) is 29.3 Å². The standard InChI is InChI=1S/C22H24O8/c1-11-14(8-26-22(11)23)19(12-4-15(24-2)20-17(6-12)27-9-29-20)13-5-16(25-3)21-18(7-13)28-10-30-21/h4-7,11,14,19,22-23H,8-10H2,1-3H3. The zero-order valence-corrected chi connectivity index (χ0v) is 17.0. The molecule has 3 heterocycles. The van der Waals surface area contributed by atoms with Gasteiger partial charge < -0.3 is 38.3 Å². The molecule has 3 aliphatic rings. The molecule has 3 unspecified atom stereocenters. The fourth-order valence-corrected chi connectivity index (χ4v) is 4.47. The maximum Gasteiger partial charge on any atom is 0.231 e. The van der Waals surface area contributed by atoms with E-state index in [1.54, 1.807) is 14.2 Å². The van der Waals surface area contributed by atoms with Crippen molar-refractivity contribution in [2.45, 2.75) is 19.1 Å². The van der Waals surface area contributed by atoms with Crippen LogP contribution < -0.4 is 28.4 Å². The van der Waals surface area contributed by atoms with Crippen LogP contribution in [0.2, 0.25) is 0 Å². The van der Waals surface area contributed by atoms with E-state index in [1.807, 2.05) is 31.2 Å². The predicted molar refractivity (Wildman–Crippen MR) is 105 cm³/mol. The van der Waals surface area contributed by atoms with E-state index in [1.165, 1.54) is 0 Å². The SMILES string of the molecule is COc1cc(C(c2cc(OC)c3c(c2)OCO3)C2COC(O)C2C)cc2c1OCO2. The van der Waals surface area contributed by atoms with Crippen LogP contribution in [0.4, 0.5) is 0 Å². The van der Waals surface area contributed by atoms with E-state index >= 15 is 0 Å². The third-order valence-corrected chi connectivity index (χ3v) is 6.09. The van der Waals surface area contributed by atoms with Gasteiger partial charge in [-0.3, -0.25) is 0 Å². The number of aliphatic hydroxyl groups excluding tert-OH is 1. The second-order valence-electron chi connectivity index (χ2n) is 7.64. The lowest BCUT2D eigenvalue weighted by molar-refractivity contribution is -0.0787. The number of fused-ring (bicyclic) bond motifs is 2. The van der Waals surface area contributed by atoms with E-state index in [0.29, 0.717) is 41.1 Å². The molecule has 2 aromatic rings. The van der Waals surface area contributed by atoms with Crippen LogP contribution in [0.3, 0.4) is 0 Å². The molecule has 1 fully saturated rings.